The fourth-order valence-corrected chi connectivity index (χ4v) is 1.89. The van der Waals surface area contributed by atoms with Gasteiger partial charge in [-0.15, -0.1) is 0 Å². The monoisotopic (exact) mass is 297 g/mol. The SMILES string of the molecule is O=C(NCCCn1cc(Cl)cn1)c1ccc(Cl)cc1. The van der Waals surface area contributed by atoms with E-state index in [2.05, 4.69) is 10.4 Å². The van der Waals surface area contributed by atoms with Crippen molar-refractivity contribution < 1.29 is 4.79 Å². The van der Waals surface area contributed by atoms with Gasteiger partial charge in [-0.3, -0.25) is 9.48 Å². The third kappa shape index (κ3) is 4.26. The summed E-state index contributed by atoms with van der Waals surface area (Å²) in [5.41, 5.74) is 0.603. The number of aryl methyl sites for hydroxylation is 1. The van der Waals surface area contributed by atoms with E-state index in [9.17, 15) is 4.79 Å². The number of rotatable bonds is 5. The summed E-state index contributed by atoms with van der Waals surface area (Å²) in [5, 5.41) is 8.13. The Morgan fingerprint density at radius 1 is 1.21 bits per heavy atom. The molecule has 4 nitrogen and oxygen atoms in total. The van der Waals surface area contributed by atoms with Crippen LogP contribution in [0.5, 0.6) is 0 Å². The molecule has 1 N–H and O–H groups in total. The molecule has 19 heavy (non-hydrogen) atoms. The van der Waals surface area contributed by atoms with Crippen LogP contribution in [0.4, 0.5) is 0 Å². The van der Waals surface area contributed by atoms with E-state index in [0.717, 1.165) is 6.42 Å². The van der Waals surface area contributed by atoms with E-state index >= 15 is 0 Å². The minimum absolute atomic E-state index is 0.102. The average Bonchev–Trinajstić information content (AvgIpc) is 2.81. The molecular weight excluding hydrogens is 285 g/mol. The van der Waals surface area contributed by atoms with E-state index in [4.69, 9.17) is 23.2 Å². The second-order valence-electron chi connectivity index (χ2n) is 4.04. The summed E-state index contributed by atoms with van der Waals surface area (Å²) in [6, 6.07) is 6.79. The first-order chi connectivity index (χ1) is 9.15. The van der Waals surface area contributed by atoms with Crippen LogP contribution in [0.15, 0.2) is 36.7 Å². The molecule has 0 saturated heterocycles. The maximum atomic E-state index is 11.8. The van der Waals surface area contributed by atoms with Gasteiger partial charge in [-0.1, -0.05) is 23.2 Å². The third-order valence-corrected chi connectivity index (χ3v) is 3.00. The summed E-state index contributed by atoms with van der Waals surface area (Å²) in [6.45, 7) is 1.30. The number of amides is 1. The van der Waals surface area contributed by atoms with Crippen LogP contribution in [0, 0.1) is 0 Å². The second kappa shape index (κ2) is 6.59. The van der Waals surface area contributed by atoms with Crippen molar-refractivity contribution in [3.05, 3.63) is 52.3 Å². The van der Waals surface area contributed by atoms with Gasteiger partial charge in [0.25, 0.3) is 5.91 Å². The molecule has 0 unspecified atom stereocenters. The Bertz CT molecular complexity index is 551. The topological polar surface area (TPSA) is 46.9 Å². The molecule has 1 heterocycles. The van der Waals surface area contributed by atoms with Crippen molar-refractivity contribution in [2.45, 2.75) is 13.0 Å². The lowest BCUT2D eigenvalue weighted by Gasteiger charge is -2.05. The molecular formula is C13H13Cl2N3O. The molecule has 0 atom stereocenters. The molecule has 0 fully saturated rings. The summed E-state index contributed by atoms with van der Waals surface area (Å²) >= 11 is 11.5. The maximum absolute atomic E-state index is 11.8. The van der Waals surface area contributed by atoms with Crippen LogP contribution in [0.2, 0.25) is 10.0 Å². The third-order valence-electron chi connectivity index (χ3n) is 2.56. The first kappa shape index (κ1) is 13.9. The quantitative estimate of drug-likeness (QED) is 0.863. The summed E-state index contributed by atoms with van der Waals surface area (Å²) in [4.78, 5) is 11.8. The molecule has 0 aliphatic rings. The smallest absolute Gasteiger partial charge is 0.251 e. The molecule has 1 aromatic heterocycles. The Labute approximate surface area is 121 Å². The van der Waals surface area contributed by atoms with Gasteiger partial charge in [0, 0.05) is 29.9 Å². The van der Waals surface area contributed by atoms with Crippen LogP contribution < -0.4 is 5.32 Å². The molecule has 0 spiro atoms. The van der Waals surface area contributed by atoms with Crippen molar-refractivity contribution in [2.75, 3.05) is 6.54 Å². The van der Waals surface area contributed by atoms with Crippen LogP contribution in [0.25, 0.3) is 0 Å². The van der Waals surface area contributed by atoms with Crippen LogP contribution in [0.3, 0.4) is 0 Å². The lowest BCUT2D eigenvalue weighted by atomic mass is 10.2. The fourth-order valence-electron chi connectivity index (χ4n) is 1.61. The molecule has 0 aliphatic heterocycles. The molecule has 1 aromatic carbocycles. The van der Waals surface area contributed by atoms with Crippen molar-refractivity contribution in [1.29, 1.82) is 0 Å². The van der Waals surface area contributed by atoms with Crippen molar-refractivity contribution >= 4 is 29.1 Å². The highest BCUT2D eigenvalue weighted by Crippen LogP contribution is 2.09. The Balaban J connectivity index is 1.73. The lowest BCUT2D eigenvalue weighted by molar-refractivity contribution is 0.0952. The van der Waals surface area contributed by atoms with Gasteiger partial charge in [0.1, 0.15) is 0 Å². The molecule has 100 valence electrons. The molecule has 2 aromatic rings. The Kier molecular flexibility index (Phi) is 4.82. The van der Waals surface area contributed by atoms with Crippen molar-refractivity contribution in [3.8, 4) is 0 Å². The highest BCUT2D eigenvalue weighted by molar-refractivity contribution is 6.30. The van der Waals surface area contributed by atoms with E-state index in [1.54, 1.807) is 41.3 Å². The number of halogens is 2. The number of carbonyl (C=O) groups is 1. The first-order valence-corrected chi connectivity index (χ1v) is 6.62. The highest BCUT2D eigenvalue weighted by Gasteiger charge is 2.04. The predicted octanol–water partition coefficient (Wildman–Crippen LogP) is 3.01. The van der Waals surface area contributed by atoms with Gasteiger partial charge in [0.05, 0.1) is 11.2 Å². The van der Waals surface area contributed by atoms with Gasteiger partial charge >= 0.3 is 0 Å². The first-order valence-electron chi connectivity index (χ1n) is 5.87. The van der Waals surface area contributed by atoms with E-state index in [1.807, 2.05) is 0 Å². The fraction of sp³-hybridized carbons (Fsp3) is 0.231. The summed E-state index contributed by atoms with van der Waals surface area (Å²) in [7, 11) is 0. The normalized spacial score (nSPS) is 10.4. The van der Waals surface area contributed by atoms with Crippen LogP contribution >= 0.6 is 23.2 Å². The summed E-state index contributed by atoms with van der Waals surface area (Å²) in [6.07, 6.45) is 4.13. The molecule has 0 bridgehead atoms. The Hall–Kier alpha value is -1.52. The highest BCUT2D eigenvalue weighted by atomic mass is 35.5. The molecule has 6 heteroatoms. The number of benzene rings is 1. The number of aromatic nitrogens is 2. The van der Waals surface area contributed by atoms with Gasteiger partial charge in [-0.05, 0) is 30.7 Å². The van der Waals surface area contributed by atoms with Crippen LogP contribution in [0.1, 0.15) is 16.8 Å². The number of hydrogen-bond acceptors (Lipinski definition) is 2. The zero-order chi connectivity index (χ0) is 13.7. The van der Waals surface area contributed by atoms with Gasteiger partial charge < -0.3 is 5.32 Å². The number of carbonyl (C=O) groups excluding carboxylic acids is 1. The van der Waals surface area contributed by atoms with Crippen molar-refractivity contribution in [2.24, 2.45) is 0 Å². The van der Waals surface area contributed by atoms with Gasteiger partial charge in [-0.25, -0.2) is 0 Å². The standard InChI is InChI=1S/C13H13Cl2N3O/c14-11-4-2-10(3-5-11)13(19)16-6-1-7-18-9-12(15)8-17-18/h2-5,8-9H,1,6-7H2,(H,16,19). The van der Waals surface area contributed by atoms with Crippen LogP contribution in [-0.4, -0.2) is 22.2 Å². The Morgan fingerprint density at radius 2 is 1.95 bits per heavy atom. The summed E-state index contributed by atoms with van der Waals surface area (Å²) in [5.74, 6) is -0.102. The summed E-state index contributed by atoms with van der Waals surface area (Å²) < 4.78 is 1.75. The Morgan fingerprint density at radius 3 is 2.58 bits per heavy atom. The van der Waals surface area contributed by atoms with Crippen molar-refractivity contribution in [3.63, 3.8) is 0 Å². The van der Waals surface area contributed by atoms with E-state index in [0.29, 0.717) is 28.7 Å². The molecule has 0 aliphatic carbocycles. The lowest BCUT2D eigenvalue weighted by Crippen LogP contribution is -2.25. The number of nitrogens with one attached hydrogen (secondary N) is 1. The van der Waals surface area contributed by atoms with E-state index in [1.165, 1.54) is 0 Å². The maximum Gasteiger partial charge on any atom is 0.251 e. The van der Waals surface area contributed by atoms with Gasteiger partial charge in [0.15, 0.2) is 0 Å². The largest absolute Gasteiger partial charge is 0.352 e. The molecule has 2 rings (SSSR count). The number of hydrogen-bond donors (Lipinski definition) is 1. The zero-order valence-electron chi connectivity index (χ0n) is 10.1. The van der Waals surface area contributed by atoms with Gasteiger partial charge in [0.2, 0.25) is 0 Å². The molecule has 1 amide bonds. The molecule has 0 saturated carbocycles. The average molecular weight is 298 g/mol. The van der Waals surface area contributed by atoms with Crippen molar-refractivity contribution in [1.82, 2.24) is 15.1 Å². The zero-order valence-corrected chi connectivity index (χ0v) is 11.7. The number of nitrogens with zero attached hydrogens (tertiary/aromatic N) is 2. The van der Waals surface area contributed by atoms with Gasteiger partial charge in [-0.2, -0.15) is 5.10 Å². The van der Waals surface area contributed by atoms with E-state index < -0.39 is 0 Å². The second-order valence-corrected chi connectivity index (χ2v) is 4.91. The van der Waals surface area contributed by atoms with Crippen LogP contribution in [-0.2, 0) is 6.54 Å². The minimum atomic E-state index is -0.102. The molecule has 0 radical (unpaired) electrons. The minimum Gasteiger partial charge on any atom is -0.352 e. The predicted molar refractivity (Wildman–Crippen MR) is 75.6 cm³/mol. The van der Waals surface area contributed by atoms with E-state index in [-0.39, 0.29) is 5.91 Å².